The Morgan fingerprint density at radius 2 is 2.12 bits per heavy atom. The normalized spacial score (nSPS) is 20.0. The molecule has 1 unspecified atom stereocenters. The monoisotopic (exact) mass is 219 g/mol. The predicted molar refractivity (Wildman–Crippen MR) is 63.7 cm³/mol. The van der Waals surface area contributed by atoms with Gasteiger partial charge in [-0.15, -0.1) is 0 Å². The number of para-hydroxylation sites is 2. The van der Waals surface area contributed by atoms with Crippen molar-refractivity contribution >= 4 is 11.6 Å². The Morgan fingerprint density at radius 1 is 1.38 bits per heavy atom. The van der Waals surface area contributed by atoms with Crippen molar-refractivity contribution in [2.75, 3.05) is 18.1 Å². The summed E-state index contributed by atoms with van der Waals surface area (Å²) >= 11 is 0. The van der Waals surface area contributed by atoms with E-state index in [9.17, 15) is 4.79 Å². The van der Waals surface area contributed by atoms with E-state index in [2.05, 4.69) is 0 Å². The number of fused-ring (bicyclic) bond motifs is 1. The van der Waals surface area contributed by atoms with Crippen molar-refractivity contribution in [1.82, 2.24) is 0 Å². The molecule has 3 nitrogen and oxygen atoms in total. The number of hydrogen-bond acceptors (Lipinski definition) is 2. The first kappa shape index (κ1) is 11.0. The Hall–Kier alpha value is -1.51. The van der Waals surface area contributed by atoms with Gasteiger partial charge >= 0.3 is 0 Å². The van der Waals surface area contributed by atoms with Crippen LogP contribution < -0.4 is 9.64 Å². The van der Waals surface area contributed by atoms with Crippen LogP contribution in [0.5, 0.6) is 5.75 Å². The molecule has 3 heteroatoms. The van der Waals surface area contributed by atoms with Crippen molar-refractivity contribution in [3.05, 3.63) is 24.3 Å². The summed E-state index contributed by atoms with van der Waals surface area (Å²) in [7, 11) is 0. The van der Waals surface area contributed by atoms with Gasteiger partial charge in [0.05, 0.1) is 18.2 Å². The van der Waals surface area contributed by atoms with Crippen LogP contribution in [0.4, 0.5) is 5.69 Å². The molecule has 0 aliphatic carbocycles. The van der Waals surface area contributed by atoms with E-state index in [0.717, 1.165) is 17.9 Å². The van der Waals surface area contributed by atoms with Gasteiger partial charge in [0.15, 0.2) is 0 Å². The van der Waals surface area contributed by atoms with Crippen LogP contribution in [0.1, 0.15) is 20.3 Å². The lowest BCUT2D eigenvalue weighted by atomic mass is 10.1. The number of carbonyl (C=O) groups excluding carboxylic acids is 1. The first-order valence-electron chi connectivity index (χ1n) is 5.81. The summed E-state index contributed by atoms with van der Waals surface area (Å²) in [4.78, 5) is 14.0. The van der Waals surface area contributed by atoms with Gasteiger partial charge in [-0.3, -0.25) is 4.79 Å². The third-order valence-corrected chi connectivity index (χ3v) is 3.02. The van der Waals surface area contributed by atoms with E-state index in [1.165, 1.54) is 0 Å². The molecule has 0 radical (unpaired) electrons. The van der Waals surface area contributed by atoms with Crippen molar-refractivity contribution in [3.8, 4) is 5.75 Å². The van der Waals surface area contributed by atoms with Crippen LogP contribution in [-0.2, 0) is 4.79 Å². The highest BCUT2D eigenvalue weighted by molar-refractivity contribution is 5.97. The van der Waals surface area contributed by atoms with Crippen LogP contribution in [0.2, 0.25) is 0 Å². The van der Waals surface area contributed by atoms with E-state index < -0.39 is 0 Å². The van der Waals surface area contributed by atoms with Crippen LogP contribution in [0.15, 0.2) is 24.3 Å². The Bertz CT molecular complexity index is 389. The molecule has 0 saturated carbocycles. The third-order valence-electron chi connectivity index (χ3n) is 3.02. The molecule has 1 amide bonds. The molecular weight excluding hydrogens is 202 g/mol. The Morgan fingerprint density at radius 3 is 2.81 bits per heavy atom. The Labute approximate surface area is 96.0 Å². The maximum atomic E-state index is 12.2. The number of benzene rings is 1. The lowest BCUT2D eigenvalue weighted by Gasteiger charge is -2.22. The van der Waals surface area contributed by atoms with Crippen LogP contribution in [-0.4, -0.2) is 19.1 Å². The lowest BCUT2D eigenvalue weighted by molar-refractivity contribution is -0.122. The van der Waals surface area contributed by atoms with E-state index in [1.807, 2.05) is 43.0 Å². The summed E-state index contributed by atoms with van der Waals surface area (Å²) in [5.74, 6) is 0.968. The second-order valence-corrected chi connectivity index (χ2v) is 3.97. The molecule has 1 aliphatic heterocycles. The fraction of sp³-hybridized carbons (Fsp3) is 0.462. The van der Waals surface area contributed by atoms with E-state index in [1.54, 1.807) is 0 Å². The molecule has 2 rings (SSSR count). The van der Waals surface area contributed by atoms with Crippen LogP contribution in [0, 0.1) is 5.92 Å². The van der Waals surface area contributed by atoms with Crippen molar-refractivity contribution < 1.29 is 9.53 Å². The number of nitrogens with zero attached hydrogens (tertiary/aromatic N) is 1. The summed E-state index contributed by atoms with van der Waals surface area (Å²) in [5.41, 5.74) is 0.894. The number of hydrogen-bond donors (Lipinski definition) is 0. The average molecular weight is 219 g/mol. The number of rotatable bonds is 2. The number of ether oxygens (including phenoxy) is 1. The molecule has 0 fully saturated rings. The fourth-order valence-electron chi connectivity index (χ4n) is 2.02. The maximum absolute atomic E-state index is 12.2. The van der Waals surface area contributed by atoms with Crippen LogP contribution in [0.25, 0.3) is 0 Å². The van der Waals surface area contributed by atoms with Gasteiger partial charge in [-0.2, -0.15) is 0 Å². The van der Waals surface area contributed by atoms with Gasteiger partial charge in [0.2, 0.25) is 5.91 Å². The van der Waals surface area contributed by atoms with Crippen molar-refractivity contribution in [2.45, 2.75) is 20.3 Å². The van der Waals surface area contributed by atoms with Crippen molar-refractivity contribution in [1.29, 1.82) is 0 Å². The smallest absolute Gasteiger partial charge is 0.233 e. The van der Waals surface area contributed by atoms with Gasteiger partial charge in [-0.25, -0.2) is 0 Å². The molecule has 1 atom stereocenters. The first-order valence-corrected chi connectivity index (χ1v) is 5.81. The lowest BCUT2D eigenvalue weighted by Crippen LogP contribution is -2.36. The molecule has 1 heterocycles. The maximum Gasteiger partial charge on any atom is 0.233 e. The van der Waals surface area contributed by atoms with E-state index in [0.29, 0.717) is 13.2 Å². The molecule has 0 aromatic heterocycles. The van der Waals surface area contributed by atoms with Crippen LogP contribution in [0.3, 0.4) is 0 Å². The molecule has 0 bridgehead atoms. The van der Waals surface area contributed by atoms with Crippen molar-refractivity contribution in [2.24, 2.45) is 5.92 Å². The summed E-state index contributed by atoms with van der Waals surface area (Å²) in [6, 6.07) is 7.73. The molecule has 16 heavy (non-hydrogen) atoms. The Balaban J connectivity index is 2.41. The molecular formula is C13H17NO2. The molecule has 0 spiro atoms. The minimum absolute atomic E-state index is 0.0210. The molecule has 86 valence electrons. The zero-order valence-electron chi connectivity index (χ0n) is 9.77. The zero-order valence-corrected chi connectivity index (χ0v) is 9.77. The predicted octanol–water partition coefficient (Wildman–Crippen LogP) is 2.46. The highest BCUT2D eigenvalue weighted by Crippen LogP contribution is 2.32. The molecule has 1 aromatic carbocycles. The van der Waals surface area contributed by atoms with Crippen LogP contribution >= 0.6 is 0 Å². The second-order valence-electron chi connectivity index (χ2n) is 3.97. The quantitative estimate of drug-likeness (QED) is 0.764. The first-order chi connectivity index (χ1) is 7.77. The number of amides is 1. The average Bonchev–Trinajstić information content (AvgIpc) is 2.45. The fourth-order valence-corrected chi connectivity index (χ4v) is 2.02. The van der Waals surface area contributed by atoms with Gasteiger partial charge in [-0.1, -0.05) is 19.1 Å². The van der Waals surface area contributed by atoms with Gasteiger partial charge in [-0.05, 0) is 25.5 Å². The van der Waals surface area contributed by atoms with E-state index in [-0.39, 0.29) is 11.8 Å². The van der Waals surface area contributed by atoms with Gasteiger partial charge in [0.1, 0.15) is 5.75 Å². The van der Waals surface area contributed by atoms with Crippen molar-refractivity contribution in [3.63, 3.8) is 0 Å². The van der Waals surface area contributed by atoms with Gasteiger partial charge < -0.3 is 9.64 Å². The highest BCUT2D eigenvalue weighted by atomic mass is 16.5. The van der Waals surface area contributed by atoms with E-state index >= 15 is 0 Å². The summed E-state index contributed by atoms with van der Waals surface area (Å²) in [5, 5.41) is 0. The topological polar surface area (TPSA) is 29.5 Å². The zero-order chi connectivity index (χ0) is 11.5. The van der Waals surface area contributed by atoms with Gasteiger partial charge in [0.25, 0.3) is 0 Å². The summed E-state index contributed by atoms with van der Waals surface area (Å²) in [6.45, 7) is 5.20. The van der Waals surface area contributed by atoms with E-state index in [4.69, 9.17) is 4.74 Å². The molecule has 0 N–H and O–H groups in total. The second kappa shape index (κ2) is 4.56. The number of carbonyl (C=O) groups is 1. The third kappa shape index (κ3) is 1.77. The highest BCUT2D eigenvalue weighted by Gasteiger charge is 2.28. The minimum atomic E-state index is -0.0210. The Kier molecular flexibility index (Phi) is 3.13. The largest absolute Gasteiger partial charge is 0.491 e. The molecule has 1 aliphatic rings. The molecule has 1 aromatic rings. The minimum Gasteiger partial charge on any atom is -0.491 e. The summed E-state index contributed by atoms with van der Waals surface area (Å²) in [6.07, 6.45) is 0.823. The number of anilines is 1. The standard InChI is InChI=1S/C13H17NO2/c1-3-10-9-16-12-8-6-5-7-11(12)14(4-2)13(10)15/h5-8,10H,3-4,9H2,1-2H3. The SMILES string of the molecule is CCC1COc2ccccc2N(CC)C1=O. The molecule has 0 saturated heterocycles. The van der Waals surface area contributed by atoms with Gasteiger partial charge in [0, 0.05) is 6.54 Å². The summed E-state index contributed by atoms with van der Waals surface area (Å²) < 4.78 is 5.69.